The number of amides is 1. The Hall–Kier alpha value is -3.29. The van der Waals surface area contributed by atoms with Crippen LogP contribution in [-0.4, -0.2) is 22.8 Å². The van der Waals surface area contributed by atoms with Crippen LogP contribution in [0.2, 0.25) is 0 Å². The first-order valence-electron chi connectivity index (χ1n) is 8.84. The summed E-state index contributed by atoms with van der Waals surface area (Å²) in [5.74, 6) is 0.236. The molecule has 0 atom stereocenters. The quantitative estimate of drug-likeness (QED) is 0.664. The molecule has 1 amide bonds. The Morgan fingerprint density at radius 3 is 2.55 bits per heavy atom. The van der Waals surface area contributed by atoms with Crippen molar-refractivity contribution in [2.45, 2.75) is 26.6 Å². The second kappa shape index (κ2) is 7.98. The van der Waals surface area contributed by atoms with Crippen molar-refractivity contribution in [1.82, 2.24) is 9.78 Å². The maximum Gasteiger partial charge on any atom is 0.416 e. The van der Waals surface area contributed by atoms with Crippen molar-refractivity contribution in [2.75, 3.05) is 12.4 Å². The van der Waals surface area contributed by atoms with Crippen molar-refractivity contribution in [3.05, 3.63) is 76.6 Å². The van der Waals surface area contributed by atoms with E-state index in [-0.39, 0.29) is 12.5 Å². The molecule has 0 aliphatic heterocycles. The molecule has 0 unspecified atom stereocenters. The molecule has 2 aromatic carbocycles. The van der Waals surface area contributed by atoms with Gasteiger partial charge in [-0.25, -0.2) is 0 Å². The first-order chi connectivity index (χ1) is 13.7. The van der Waals surface area contributed by atoms with Crippen LogP contribution in [0.1, 0.15) is 32.9 Å². The van der Waals surface area contributed by atoms with Gasteiger partial charge in [-0.05, 0) is 49.7 Å². The summed E-state index contributed by atoms with van der Waals surface area (Å²) in [6, 6.07) is 11.8. The van der Waals surface area contributed by atoms with Crippen LogP contribution >= 0.6 is 0 Å². The summed E-state index contributed by atoms with van der Waals surface area (Å²) in [5, 5.41) is 7.20. The minimum atomic E-state index is -4.40. The second-order valence-corrected chi connectivity index (χ2v) is 6.59. The zero-order valence-corrected chi connectivity index (χ0v) is 16.2. The van der Waals surface area contributed by atoms with Gasteiger partial charge in [0, 0.05) is 5.56 Å². The maximum atomic E-state index is 12.9. The van der Waals surface area contributed by atoms with Crippen molar-refractivity contribution in [3.63, 3.8) is 0 Å². The Morgan fingerprint density at radius 1 is 1.14 bits per heavy atom. The number of aryl methyl sites for hydroxylation is 1. The van der Waals surface area contributed by atoms with Gasteiger partial charge >= 0.3 is 6.18 Å². The largest absolute Gasteiger partial charge is 0.497 e. The van der Waals surface area contributed by atoms with E-state index < -0.39 is 11.7 Å². The first-order valence-corrected chi connectivity index (χ1v) is 8.84. The van der Waals surface area contributed by atoms with Crippen molar-refractivity contribution in [2.24, 2.45) is 0 Å². The third-order valence-corrected chi connectivity index (χ3v) is 4.54. The van der Waals surface area contributed by atoms with Crippen LogP contribution in [0, 0.1) is 13.8 Å². The molecule has 29 heavy (non-hydrogen) atoms. The van der Waals surface area contributed by atoms with E-state index in [9.17, 15) is 18.0 Å². The topological polar surface area (TPSA) is 56.1 Å². The summed E-state index contributed by atoms with van der Waals surface area (Å²) in [5.41, 5.74) is 1.94. The molecule has 3 aromatic rings. The molecule has 3 rings (SSSR count). The standard InChI is InChI=1S/C21H20F3N3O2/c1-13-19(25-20(28)16-7-5-9-18(11-16)29-3)14(2)27(26-13)12-15-6-4-8-17(10-15)21(22,23)24/h4-11H,12H2,1-3H3,(H,25,28). The molecule has 152 valence electrons. The van der Waals surface area contributed by atoms with E-state index >= 15 is 0 Å². The van der Waals surface area contributed by atoms with Crippen LogP contribution in [0.4, 0.5) is 18.9 Å². The van der Waals surface area contributed by atoms with Gasteiger partial charge in [-0.15, -0.1) is 0 Å². The van der Waals surface area contributed by atoms with Crippen LogP contribution in [0.5, 0.6) is 5.75 Å². The predicted octanol–water partition coefficient (Wildman–Crippen LogP) is 4.83. The van der Waals surface area contributed by atoms with E-state index in [1.54, 1.807) is 48.9 Å². The lowest BCUT2D eigenvalue weighted by molar-refractivity contribution is -0.137. The molecule has 1 heterocycles. The van der Waals surface area contributed by atoms with Gasteiger partial charge in [0.2, 0.25) is 0 Å². The van der Waals surface area contributed by atoms with Gasteiger partial charge in [0.1, 0.15) is 5.75 Å². The van der Waals surface area contributed by atoms with Crippen LogP contribution < -0.4 is 10.1 Å². The number of aromatic nitrogens is 2. The summed E-state index contributed by atoms with van der Waals surface area (Å²) in [4.78, 5) is 12.6. The van der Waals surface area contributed by atoms with Gasteiger partial charge in [0.15, 0.2) is 0 Å². The first kappa shape index (κ1) is 20.4. The third kappa shape index (κ3) is 4.59. The Labute approximate surface area is 166 Å². The molecule has 0 saturated carbocycles. The van der Waals surface area contributed by atoms with E-state index in [4.69, 9.17) is 4.74 Å². The lowest BCUT2D eigenvalue weighted by Gasteiger charge is -2.10. The maximum absolute atomic E-state index is 12.9. The number of nitrogens with one attached hydrogen (secondary N) is 1. The van der Waals surface area contributed by atoms with E-state index in [2.05, 4.69) is 10.4 Å². The molecule has 0 radical (unpaired) electrons. The number of alkyl halides is 3. The van der Waals surface area contributed by atoms with Gasteiger partial charge in [-0.3, -0.25) is 9.48 Å². The van der Waals surface area contributed by atoms with Crippen LogP contribution in [0.15, 0.2) is 48.5 Å². The van der Waals surface area contributed by atoms with Crippen molar-refractivity contribution >= 4 is 11.6 Å². The van der Waals surface area contributed by atoms with Crippen molar-refractivity contribution < 1.29 is 22.7 Å². The van der Waals surface area contributed by atoms with Gasteiger partial charge in [0.05, 0.1) is 36.3 Å². The molecular formula is C21H20F3N3O2. The van der Waals surface area contributed by atoms with Gasteiger partial charge in [-0.1, -0.05) is 18.2 Å². The zero-order chi connectivity index (χ0) is 21.2. The molecule has 0 fully saturated rings. The zero-order valence-electron chi connectivity index (χ0n) is 16.2. The molecule has 0 saturated heterocycles. The average Bonchev–Trinajstić information content (AvgIpc) is 2.95. The summed E-state index contributed by atoms with van der Waals surface area (Å²) in [6.07, 6.45) is -4.40. The van der Waals surface area contributed by atoms with Gasteiger partial charge < -0.3 is 10.1 Å². The number of anilines is 1. The number of hydrogen-bond acceptors (Lipinski definition) is 3. The molecule has 0 bridgehead atoms. The van der Waals surface area contributed by atoms with Crippen molar-refractivity contribution in [1.29, 1.82) is 0 Å². The fraction of sp³-hybridized carbons (Fsp3) is 0.238. The van der Waals surface area contributed by atoms with E-state index in [1.807, 2.05) is 0 Å². The third-order valence-electron chi connectivity index (χ3n) is 4.54. The number of rotatable bonds is 5. The Kier molecular flexibility index (Phi) is 5.63. The molecule has 1 N–H and O–H groups in total. The van der Waals surface area contributed by atoms with Gasteiger partial charge in [0.25, 0.3) is 5.91 Å². The van der Waals surface area contributed by atoms with Crippen LogP contribution in [0.3, 0.4) is 0 Å². The smallest absolute Gasteiger partial charge is 0.416 e. The summed E-state index contributed by atoms with van der Waals surface area (Å²) >= 11 is 0. The number of hydrogen-bond donors (Lipinski definition) is 1. The summed E-state index contributed by atoms with van der Waals surface area (Å²) < 4.78 is 45.5. The minimum absolute atomic E-state index is 0.158. The van der Waals surface area contributed by atoms with E-state index in [0.29, 0.717) is 34.0 Å². The average molecular weight is 403 g/mol. The fourth-order valence-electron chi connectivity index (χ4n) is 3.00. The Bertz CT molecular complexity index is 1040. The number of halogens is 3. The number of methoxy groups -OCH3 is 1. The van der Waals surface area contributed by atoms with Crippen molar-refractivity contribution in [3.8, 4) is 5.75 Å². The molecule has 5 nitrogen and oxygen atoms in total. The molecule has 8 heteroatoms. The van der Waals surface area contributed by atoms with E-state index in [1.165, 1.54) is 13.2 Å². The highest BCUT2D eigenvalue weighted by Crippen LogP contribution is 2.30. The lowest BCUT2D eigenvalue weighted by atomic mass is 10.1. The van der Waals surface area contributed by atoms with Gasteiger partial charge in [-0.2, -0.15) is 18.3 Å². The Balaban J connectivity index is 1.82. The van der Waals surface area contributed by atoms with E-state index in [0.717, 1.165) is 12.1 Å². The number of carbonyl (C=O) groups is 1. The SMILES string of the molecule is COc1cccc(C(=O)Nc2c(C)nn(Cc3cccc(C(F)(F)F)c3)c2C)c1. The number of nitrogens with zero attached hydrogens (tertiary/aromatic N) is 2. The normalized spacial score (nSPS) is 11.4. The summed E-state index contributed by atoms with van der Waals surface area (Å²) in [6.45, 7) is 3.65. The number of carbonyl (C=O) groups excluding carboxylic acids is 1. The molecule has 0 aliphatic rings. The highest BCUT2D eigenvalue weighted by atomic mass is 19.4. The molecular weight excluding hydrogens is 383 g/mol. The summed E-state index contributed by atoms with van der Waals surface area (Å²) in [7, 11) is 1.52. The molecule has 0 aliphatic carbocycles. The number of ether oxygens (including phenoxy) is 1. The monoisotopic (exact) mass is 403 g/mol. The predicted molar refractivity (Wildman–Crippen MR) is 103 cm³/mol. The number of benzene rings is 2. The Morgan fingerprint density at radius 2 is 1.86 bits per heavy atom. The second-order valence-electron chi connectivity index (χ2n) is 6.59. The minimum Gasteiger partial charge on any atom is -0.497 e. The van der Waals surface area contributed by atoms with Crippen LogP contribution in [-0.2, 0) is 12.7 Å². The lowest BCUT2D eigenvalue weighted by Crippen LogP contribution is -2.13. The van der Waals surface area contributed by atoms with Crippen LogP contribution in [0.25, 0.3) is 0 Å². The highest BCUT2D eigenvalue weighted by Gasteiger charge is 2.30. The molecule has 0 spiro atoms. The highest BCUT2D eigenvalue weighted by molar-refractivity contribution is 6.05. The molecule has 1 aromatic heterocycles. The fourth-order valence-corrected chi connectivity index (χ4v) is 3.00.